The summed E-state index contributed by atoms with van der Waals surface area (Å²) in [6.45, 7) is 10.8. The molecular formula is C32H47N7O6. The Labute approximate surface area is 265 Å². The molecule has 2 N–H and O–H groups in total. The number of fused-ring (bicyclic) bond motifs is 1. The molecule has 0 bridgehead atoms. The maximum absolute atomic E-state index is 12.5. The topological polar surface area (TPSA) is 142 Å². The van der Waals surface area contributed by atoms with Crippen LogP contribution in [0.4, 0.5) is 22.2 Å². The van der Waals surface area contributed by atoms with Crippen molar-refractivity contribution in [3.05, 3.63) is 30.6 Å². The molecule has 13 heteroatoms. The lowest BCUT2D eigenvalue weighted by Crippen LogP contribution is -2.41. The van der Waals surface area contributed by atoms with Gasteiger partial charge in [0, 0.05) is 24.9 Å². The summed E-state index contributed by atoms with van der Waals surface area (Å²) < 4.78 is 24.1. The fraction of sp³-hybridized carbons (Fsp3) is 0.594. The molecule has 0 saturated carbocycles. The molecule has 45 heavy (non-hydrogen) atoms. The predicted molar refractivity (Wildman–Crippen MR) is 172 cm³/mol. The van der Waals surface area contributed by atoms with Gasteiger partial charge in [0.05, 0.1) is 20.0 Å². The van der Waals surface area contributed by atoms with Crippen LogP contribution in [-0.2, 0) is 19.0 Å². The first-order valence-electron chi connectivity index (χ1n) is 15.7. The lowest BCUT2D eigenvalue weighted by Gasteiger charge is -2.26. The summed E-state index contributed by atoms with van der Waals surface area (Å²) in [6, 6.07) is 7.71. The molecule has 1 fully saturated rings. The molecule has 2 aromatic heterocycles. The van der Waals surface area contributed by atoms with Crippen molar-refractivity contribution in [2.75, 3.05) is 44.0 Å². The van der Waals surface area contributed by atoms with Crippen LogP contribution in [-0.4, -0.2) is 81.5 Å². The quantitative estimate of drug-likeness (QED) is 0.160. The van der Waals surface area contributed by atoms with E-state index >= 15 is 0 Å². The van der Waals surface area contributed by atoms with Gasteiger partial charge in [-0.1, -0.05) is 13.3 Å². The van der Waals surface area contributed by atoms with Crippen LogP contribution >= 0.6 is 0 Å². The predicted octanol–water partition coefficient (Wildman–Crippen LogP) is 6.05. The minimum absolute atomic E-state index is 0.0967. The Bertz CT molecular complexity index is 1400. The van der Waals surface area contributed by atoms with E-state index in [9.17, 15) is 9.59 Å². The van der Waals surface area contributed by atoms with Gasteiger partial charge in [-0.2, -0.15) is 9.97 Å². The molecule has 2 unspecified atom stereocenters. The van der Waals surface area contributed by atoms with Crippen molar-refractivity contribution >= 4 is 40.7 Å². The molecule has 1 aliphatic heterocycles. The van der Waals surface area contributed by atoms with E-state index in [1.54, 1.807) is 27.1 Å². The molecule has 1 aromatic carbocycles. The van der Waals surface area contributed by atoms with Crippen molar-refractivity contribution < 1.29 is 28.5 Å². The summed E-state index contributed by atoms with van der Waals surface area (Å²) in [4.78, 5) is 39.9. The van der Waals surface area contributed by atoms with Gasteiger partial charge in [-0.25, -0.2) is 9.78 Å². The van der Waals surface area contributed by atoms with E-state index in [4.69, 9.17) is 28.9 Å². The molecule has 2 atom stereocenters. The number of hydrogen-bond acceptors (Lipinski definition) is 11. The van der Waals surface area contributed by atoms with Crippen LogP contribution < -0.4 is 15.4 Å². The molecule has 1 amide bonds. The molecular weight excluding hydrogens is 578 g/mol. The fourth-order valence-corrected chi connectivity index (χ4v) is 4.96. The smallest absolute Gasteiger partial charge is 0.410 e. The van der Waals surface area contributed by atoms with Gasteiger partial charge in [-0.05, 0) is 84.1 Å². The number of hydrogen-bond donors (Lipinski definition) is 2. The number of carbonyl (C=O) groups is 2. The zero-order chi connectivity index (χ0) is 32.4. The number of anilines is 3. The van der Waals surface area contributed by atoms with E-state index in [-0.39, 0.29) is 25.4 Å². The first-order chi connectivity index (χ1) is 21.6. The summed E-state index contributed by atoms with van der Waals surface area (Å²) in [7, 11) is 1.28. The van der Waals surface area contributed by atoms with Crippen molar-refractivity contribution in [3.63, 3.8) is 0 Å². The molecule has 1 aliphatic rings. The average molecular weight is 626 g/mol. The van der Waals surface area contributed by atoms with Crippen LogP contribution in [0.5, 0.6) is 5.75 Å². The number of aromatic nitrogens is 4. The molecule has 0 aliphatic carbocycles. The highest BCUT2D eigenvalue weighted by Gasteiger charge is 2.24. The lowest BCUT2D eigenvalue weighted by atomic mass is 10.2. The molecule has 246 valence electrons. The van der Waals surface area contributed by atoms with Gasteiger partial charge in [0.15, 0.2) is 17.0 Å². The Kier molecular flexibility index (Phi) is 11.8. The molecule has 4 rings (SSSR count). The van der Waals surface area contributed by atoms with Gasteiger partial charge in [0.2, 0.25) is 5.95 Å². The van der Waals surface area contributed by atoms with E-state index in [1.165, 1.54) is 12.0 Å². The Hall–Kier alpha value is -4.13. The van der Waals surface area contributed by atoms with Gasteiger partial charge < -0.3 is 29.6 Å². The van der Waals surface area contributed by atoms with E-state index in [0.29, 0.717) is 30.5 Å². The molecule has 3 aromatic rings. The van der Waals surface area contributed by atoms with Gasteiger partial charge in [-0.15, -0.1) is 0 Å². The van der Waals surface area contributed by atoms with Gasteiger partial charge in [0.1, 0.15) is 24.1 Å². The normalized spacial score (nSPS) is 15.7. The lowest BCUT2D eigenvalue weighted by molar-refractivity contribution is -0.141. The minimum atomic E-state index is -0.676. The number of nitrogens with zero attached hydrogens (tertiary/aromatic N) is 5. The standard InChI is InChI=1S/C32H47N7O6/c1-7-11-22(2)34-28-27-29(39(21-33-27)25-12-8-9-18-44-25)37-30(36-28)35-23-13-15-24(16-14-23)43-19-10-17-38(20-26(40)42-6)31(41)45-32(3,4)5/h13-16,21-22,25H,7-12,17-20H2,1-6H3,(H2,34,35,36,37). The Morgan fingerprint density at radius 3 is 2.62 bits per heavy atom. The summed E-state index contributed by atoms with van der Waals surface area (Å²) in [5.41, 5.74) is 1.56. The highest BCUT2D eigenvalue weighted by molar-refractivity contribution is 5.85. The Morgan fingerprint density at radius 1 is 1.18 bits per heavy atom. The summed E-state index contributed by atoms with van der Waals surface area (Å²) >= 11 is 0. The van der Waals surface area contributed by atoms with Crippen LogP contribution in [0.15, 0.2) is 30.6 Å². The minimum Gasteiger partial charge on any atom is -0.494 e. The van der Waals surface area contributed by atoms with Crippen molar-refractivity contribution in [1.82, 2.24) is 24.4 Å². The van der Waals surface area contributed by atoms with Crippen LogP contribution in [0.2, 0.25) is 0 Å². The van der Waals surface area contributed by atoms with Crippen LogP contribution in [0.1, 0.15) is 79.4 Å². The van der Waals surface area contributed by atoms with E-state index in [1.807, 2.05) is 28.8 Å². The van der Waals surface area contributed by atoms with E-state index in [0.717, 1.165) is 55.6 Å². The van der Waals surface area contributed by atoms with Crippen LogP contribution in [0, 0.1) is 0 Å². The van der Waals surface area contributed by atoms with Gasteiger partial charge in [-0.3, -0.25) is 14.3 Å². The Balaban J connectivity index is 1.40. The molecule has 13 nitrogen and oxygen atoms in total. The second-order valence-corrected chi connectivity index (χ2v) is 12.2. The second-order valence-electron chi connectivity index (χ2n) is 12.2. The third-order valence-corrected chi connectivity index (χ3v) is 7.14. The van der Waals surface area contributed by atoms with Crippen molar-refractivity contribution in [2.45, 2.75) is 91.0 Å². The number of imidazole rings is 1. The number of esters is 1. The van der Waals surface area contributed by atoms with Crippen molar-refractivity contribution in [1.29, 1.82) is 0 Å². The summed E-state index contributed by atoms with van der Waals surface area (Å²) in [6.07, 6.45) is 6.76. The van der Waals surface area contributed by atoms with E-state index in [2.05, 4.69) is 29.5 Å². The first kappa shape index (κ1) is 33.8. The third kappa shape index (κ3) is 9.93. The third-order valence-electron chi connectivity index (χ3n) is 7.14. The number of amides is 1. The van der Waals surface area contributed by atoms with Crippen LogP contribution in [0.3, 0.4) is 0 Å². The van der Waals surface area contributed by atoms with Crippen LogP contribution in [0.25, 0.3) is 11.2 Å². The molecule has 0 spiro atoms. The summed E-state index contributed by atoms with van der Waals surface area (Å²) in [5, 5.41) is 6.84. The number of benzene rings is 1. The maximum atomic E-state index is 12.5. The zero-order valence-electron chi connectivity index (χ0n) is 27.3. The number of nitrogens with one attached hydrogen (secondary N) is 2. The van der Waals surface area contributed by atoms with Crippen molar-refractivity contribution in [2.24, 2.45) is 0 Å². The molecule has 1 saturated heterocycles. The first-order valence-corrected chi connectivity index (χ1v) is 15.7. The average Bonchev–Trinajstić information content (AvgIpc) is 3.43. The Morgan fingerprint density at radius 2 is 1.96 bits per heavy atom. The monoisotopic (exact) mass is 625 g/mol. The second kappa shape index (κ2) is 15.7. The van der Waals surface area contributed by atoms with Gasteiger partial charge in [0.25, 0.3) is 0 Å². The number of methoxy groups -OCH3 is 1. The van der Waals surface area contributed by atoms with Crippen molar-refractivity contribution in [3.8, 4) is 5.75 Å². The molecule has 3 heterocycles. The zero-order valence-corrected chi connectivity index (χ0v) is 27.3. The number of rotatable bonds is 14. The largest absolute Gasteiger partial charge is 0.494 e. The number of ether oxygens (including phenoxy) is 4. The van der Waals surface area contributed by atoms with Gasteiger partial charge >= 0.3 is 12.1 Å². The fourth-order valence-electron chi connectivity index (χ4n) is 4.96. The number of carbonyl (C=O) groups excluding carboxylic acids is 2. The maximum Gasteiger partial charge on any atom is 0.410 e. The van der Waals surface area contributed by atoms with E-state index < -0.39 is 17.7 Å². The highest BCUT2D eigenvalue weighted by atomic mass is 16.6. The molecule has 0 radical (unpaired) electrons. The SMILES string of the molecule is CCCC(C)Nc1nc(Nc2ccc(OCCCN(CC(=O)OC)C(=O)OC(C)(C)C)cc2)nc2c1ncn2C1CCCCO1. The highest BCUT2D eigenvalue weighted by Crippen LogP contribution is 2.30. The summed E-state index contributed by atoms with van der Waals surface area (Å²) in [5.74, 6) is 1.29.